The average Bonchev–Trinajstić information content (AvgIpc) is 2.51. The second kappa shape index (κ2) is 19.7. The molecular formula is C19H36MgO3. The summed E-state index contributed by atoms with van der Waals surface area (Å²) in [6.45, 7) is 5.51. The molecule has 0 atom stereocenters. The molecule has 0 saturated carbocycles. The third-order valence-electron chi connectivity index (χ3n) is 3.87. The molecule has 0 amide bonds. The summed E-state index contributed by atoms with van der Waals surface area (Å²) in [5, 5.41) is 0. The molecule has 3 nitrogen and oxygen atoms in total. The summed E-state index contributed by atoms with van der Waals surface area (Å²) >= 11 is 0. The Bertz CT molecular complexity index is 313. The first-order valence-electron chi connectivity index (χ1n) is 9.07. The van der Waals surface area contributed by atoms with E-state index in [0.717, 1.165) is 18.9 Å². The number of carbonyl (C=O) groups excluding carboxylic acids is 2. The minimum Gasteiger partial charge on any atom is -1.00 e. The summed E-state index contributed by atoms with van der Waals surface area (Å²) in [7, 11) is 0. The molecule has 0 heterocycles. The first kappa shape index (κ1) is 24.9. The van der Waals surface area contributed by atoms with E-state index >= 15 is 0 Å². The molecule has 23 heavy (non-hydrogen) atoms. The molecule has 0 N–H and O–H groups in total. The summed E-state index contributed by atoms with van der Waals surface area (Å²) in [6, 6.07) is 0. The Balaban J connectivity index is -0.000000735. The van der Waals surface area contributed by atoms with E-state index in [1.165, 1.54) is 70.6 Å². The minimum absolute atomic E-state index is 0. The molecule has 0 aliphatic rings. The van der Waals surface area contributed by atoms with Crippen molar-refractivity contribution in [1.82, 2.24) is 0 Å². The van der Waals surface area contributed by atoms with Crippen LogP contribution in [0.2, 0.25) is 0 Å². The molecule has 0 spiro atoms. The Morgan fingerprint density at radius 3 is 1.61 bits per heavy atom. The largest absolute Gasteiger partial charge is 2.00 e. The molecule has 0 fully saturated rings. The quantitative estimate of drug-likeness (QED) is 0.129. The fraction of sp³-hybridized carbons (Fsp3) is 0.789. The molecule has 0 aromatic carbocycles. The SMILES string of the molecule is C=CC(=O)OC(=O)CCCCCCCCCCCCCCC.[H-].[H-].[Mg+2]. The van der Waals surface area contributed by atoms with Crippen LogP contribution in [0.5, 0.6) is 0 Å². The summed E-state index contributed by atoms with van der Waals surface area (Å²) in [4.78, 5) is 22.0. The molecule has 0 saturated heterocycles. The van der Waals surface area contributed by atoms with Gasteiger partial charge in [-0.25, -0.2) is 4.79 Å². The van der Waals surface area contributed by atoms with E-state index in [-0.39, 0.29) is 25.9 Å². The molecular weight excluding hydrogens is 301 g/mol. The van der Waals surface area contributed by atoms with E-state index in [4.69, 9.17) is 0 Å². The maximum Gasteiger partial charge on any atom is 2.00 e. The minimum atomic E-state index is -0.653. The van der Waals surface area contributed by atoms with Crippen molar-refractivity contribution in [3.8, 4) is 0 Å². The van der Waals surface area contributed by atoms with Gasteiger partial charge in [-0.2, -0.15) is 0 Å². The van der Waals surface area contributed by atoms with Crippen molar-refractivity contribution in [1.29, 1.82) is 0 Å². The van der Waals surface area contributed by atoms with Crippen LogP contribution >= 0.6 is 0 Å². The van der Waals surface area contributed by atoms with Crippen LogP contribution in [0.1, 0.15) is 99.7 Å². The van der Waals surface area contributed by atoms with E-state index in [1.807, 2.05) is 0 Å². The predicted molar refractivity (Wildman–Crippen MR) is 99.6 cm³/mol. The molecule has 0 aromatic heterocycles. The number of rotatable bonds is 15. The van der Waals surface area contributed by atoms with Crippen molar-refractivity contribution in [3.63, 3.8) is 0 Å². The van der Waals surface area contributed by atoms with Crippen molar-refractivity contribution < 1.29 is 17.2 Å². The zero-order valence-electron chi connectivity index (χ0n) is 17.1. The van der Waals surface area contributed by atoms with Crippen LogP contribution in [0.25, 0.3) is 0 Å². The van der Waals surface area contributed by atoms with E-state index in [9.17, 15) is 9.59 Å². The van der Waals surface area contributed by atoms with Gasteiger partial charge in [0.25, 0.3) is 0 Å². The van der Waals surface area contributed by atoms with Gasteiger partial charge in [0.05, 0.1) is 0 Å². The zero-order valence-corrected chi connectivity index (χ0v) is 16.5. The van der Waals surface area contributed by atoms with Crippen LogP contribution in [0.3, 0.4) is 0 Å². The number of hydrogen-bond donors (Lipinski definition) is 0. The zero-order chi connectivity index (χ0) is 16.5. The molecule has 0 radical (unpaired) electrons. The molecule has 0 aliphatic heterocycles. The molecule has 0 rings (SSSR count). The number of ether oxygens (including phenoxy) is 1. The Hall–Kier alpha value is -0.354. The van der Waals surface area contributed by atoms with Crippen LogP contribution in [0.4, 0.5) is 0 Å². The summed E-state index contributed by atoms with van der Waals surface area (Å²) in [5.74, 6) is -1.09. The molecule has 0 unspecified atom stereocenters. The van der Waals surface area contributed by atoms with Gasteiger partial charge in [0.15, 0.2) is 0 Å². The second-order valence-electron chi connectivity index (χ2n) is 5.99. The van der Waals surface area contributed by atoms with Crippen molar-refractivity contribution in [2.45, 2.75) is 96.8 Å². The van der Waals surface area contributed by atoms with Gasteiger partial charge in [-0.3, -0.25) is 4.79 Å². The third-order valence-corrected chi connectivity index (χ3v) is 3.87. The Kier molecular flexibility index (Phi) is 21.3. The van der Waals surface area contributed by atoms with Crippen molar-refractivity contribution >= 4 is 35.0 Å². The summed E-state index contributed by atoms with van der Waals surface area (Å²) in [6.07, 6.45) is 17.9. The second-order valence-corrected chi connectivity index (χ2v) is 5.99. The number of esters is 2. The Labute approximate surface area is 161 Å². The van der Waals surface area contributed by atoms with Crippen molar-refractivity contribution in [3.05, 3.63) is 12.7 Å². The van der Waals surface area contributed by atoms with Gasteiger partial charge in [0, 0.05) is 12.5 Å². The van der Waals surface area contributed by atoms with E-state index < -0.39 is 11.9 Å². The van der Waals surface area contributed by atoms with Gasteiger partial charge in [0.2, 0.25) is 0 Å². The molecule has 0 bridgehead atoms. The number of hydrogen-bond acceptors (Lipinski definition) is 3. The standard InChI is InChI=1S/C19H34O3.Mg.2H/c1-3-5-6-7-8-9-10-11-12-13-14-15-16-17-19(21)22-18(20)4-2;;;/h4H,2-3,5-17H2,1H3;;;/q;+2;2*-1. The molecule has 4 heteroatoms. The first-order chi connectivity index (χ1) is 10.7. The number of unbranched alkanes of at least 4 members (excludes halogenated alkanes) is 12. The molecule has 0 aromatic rings. The van der Waals surface area contributed by atoms with E-state index in [0.29, 0.717) is 6.42 Å². The van der Waals surface area contributed by atoms with Gasteiger partial charge in [-0.05, 0) is 6.42 Å². The summed E-state index contributed by atoms with van der Waals surface area (Å²) in [5.41, 5.74) is 0. The van der Waals surface area contributed by atoms with Crippen LogP contribution in [-0.2, 0) is 14.3 Å². The van der Waals surface area contributed by atoms with Gasteiger partial charge in [0.1, 0.15) is 0 Å². The normalized spacial score (nSPS) is 9.96. The maximum absolute atomic E-state index is 11.2. The Morgan fingerprint density at radius 2 is 1.22 bits per heavy atom. The van der Waals surface area contributed by atoms with Crippen LogP contribution < -0.4 is 0 Å². The van der Waals surface area contributed by atoms with E-state index in [1.54, 1.807) is 0 Å². The Morgan fingerprint density at radius 1 is 0.826 bits per heavy atom. The van der Waals surface area contributed by atoms with Crippen LogP contribution in [0, 0.1) is 0 Å². The summed E-state index contributed by atoms with van der Waals surface area (Å²) < 4.78 is 4.51. The van der Waals surface area contributed by atoms with Gasteiger partial charge in [-0.15, -0.1) is 0 Å². The van der Waals surface area contributed by atoms with Gasteiger partial charge >= 0.3 is 35.0 Å². The van der Waals surface area contributed by atoms with Gasteiger partial charge < -0.3 is 7.59 Å². The fourth-order valence-electron chi connectivity index (χ4n) is 2.49. The fourth-order valence-corrected chi connectivity index (χ4v) is 2.49. The first-order valence-corrected chi connectivity index (χ1v) is 9.07. The monoisotopic (exact) mass is 336 g/mol. The average molecular weight is 337 g/mol. The van der Waals surface area contributed by atoms with Crippen molar-refractivity contribution in [2.24, 2.45) is 0 Å². The van der Waals surface area contributed by atoms with Gasteiger partial charge in [-0.1, -0.05) is 90.6 Å². The maximum atomic E-state index is 11.2. The van der Waals surface area contributed by atoms with Crippen LogP contribution in [-0.4, -0.2) is 35.0 Å². The topological polar surface area (TPSA) is 43.4 Å². The molecule has 0 aliphatic carbocycles. The van der Waals surface area contributed by atoms with Crippen molar-refractivity contribution in [2.75, 3.05) is 0 Å². The van der Waals surface area contributed by atoms with Crippen LogP contribution in [0.15, 0.2) is 12.7 Å². The van der Waals surface area contributed by atoms with E-state index in [2.05, 4.69) is 18.2 Å². The number of carbonyl (C=O) groups is 2. The smallest absolute Gasteiger partial charge is 1.00 e. The predicted octanol–water partition coefficient (Wildman–Crippen LogP) is 5.57. The molecule has 132 valence electrons. The third kappa shape index (κ3) is 19.6.